The van der Waals surface area contributed by atoms with Crippen molar-refractivity contribution < 1.29 is 4.79 Å². The average Bonchev–Trinajstić information content (AvgIpc) is 2.34. The zero-order valence-electron chi connectivity index (χ0n) is 10.5. The van der Waals surface area contributed by atoms with E-state index in [1.807, 2.05) is 18.2 Å². The summed E-state index contributed by atoms with van der Waals surface area (Å²) in [5.74, 6) is 0.177. The molecule has 2 rings (SSSR count). The van der Waals surface area contributed by atoms with E-state index in [0.717, 1.165) is 44.7 Å². The molecule has 0 unspecified atom stereocenters. The zero-order chi connectivity index (χ0) is 13.8. The van der Waals surface area contributed by atoms with Gasteiger partial charge >= 0.3 is 0 Å². The molecule has 0 atom stereocenters. The Bertz CT molecular complexity index is 463. The SMILES string of the molecule is O=C(c1cc(Br)ccc1I)N(CCCBr)C1CCC1. The fraction of sp³-hybridized carbons (Fsp3) is 0.500. The third-order valence-corrected chi connectivity index (χ3v) is 5.46. The molecular weight excluding hydrogens is 485 g/mol. The van der Waals surface area contributed by atoms with Crippen molar-refractivity contribution in [3.63, 3.8) is 0 Å². The number of nitrogens with zero attached hydrogens (tertiary/aromatic N) is 1. The lowest BCUT2D eigenvalue weighted by Gasteiger charge is -2.38. The van der Waals surface area contributed by atoms with Gasteiger partial charge in [0.2, 0.25) is 0 Å². The first-order chi connectivity index (χ1) is 9.13. The maximum atomic E-state index is 12.7. The quantitative estimate of drug-likeness (QED) is 0.419. The monoisotopic (exact) mass is 499 g/mol. The van der Waals surface area contributed by atoms with Crippen molar-refractivity contribution in [2.75, 3.05) is 11.9 Å². The van der Waals surface area contributed by atoms with Crippen LogP contribution in [0.4, 0.5) is 0 Å². The lowest BCUT2D eigenvalue weighted by Crippen LogP contribution is -2.45. The van der Waals surface area contributed by atoms with Crippen LogP contribution in [0.5, 0.6) is 0 Å². The van der Waals surface area contributed by atoms with Gasteiger partial charge in [0.05, 0.1) is 5.56 Å². The lowest BCUT2D eigenvalue weighted by atomic mass is 9.91. The average molecular weight is 501 g/mol. The summed E-state index contributed by atoms with van der Waals surface area (Å²) in [7, 11) is 0. The summed E-state index contributed by atoms with van der Waals surface area (Å²) in [6.45, 7) is 0.845. The number of benzene rings is 1. The van der Waals surface area contributed by atoms with Gasteiger partial charge in [-0.25, -0.2) is 0 Å². The van der Waals surface area contributed by atoms with Gasteiger partial charge in [-0.1, -0.05) is 31.9 Å². The second-order valence-corrected chi connectivity index (χ2v) is 7.62. The molecule has 1 aromatic rings. The molecule has 0 radical (unpaired) electrons. The number of amides is 1. The molecule has 0 saturated heterocycles. The Kier molecular flexibility index (Phi) is 6.14. The number of hydrogen-bond acceptors (Lipinski definition) is 1. The number of halogens is 3. The maximum Gasteiger partial charge on any atom is 0.255 e. The van der Waals surface area contributed by atoms with Crippen LogP contribution in [-0.4, -0.2) is 28.7 Å². The molecule has 104 valence electrons. The van der Waals surface area contributed by atoms with Crippen molar-refractivity contribution in [3.05, 3.63) is 31.8 Å². The van der Waals surface area contributed by atoms with E-state index in [2.05, 4.69) is 59.4 Å². The molecule has 1 amide bonds. The van der Waals surface area contributed by atoms with E-state index in [1.165, 1.54) is 6.42 Å². The van der Waals surface area contributed by atoms with Gasteiger partial charge < -0.3 is 4.90 Å². The molecule has 0 bridgehead atoms. The largest absolute Gasteiger partial charge is 0.336 e. The van der Waals surface area contributed by atoms with E-state index >= 15 is 0 Å². The van der Waals surface area contributed by atoms with Crippen molar-refractivity contribution in [1.29, 1.82) is 0 Å². The van der Waals surface area contributed by atoms with E-state index in [-0.39, 0.29) is 5.91 Å². The van der Waals surface area contributed by atoms with Gasteiger partial charge in [0.15, 0.2) is 0 Å². The van der Waals surface area contributed by atoms with Gasteiger partial charge in [-0.05, 0) is 66.5 Å². The van der Waals surface area contributed by atoms with E-state index in [9.17, 15) is 4.79 Å². The summed E-state index contributed by atoms with van der Waals surface area (Å²) in [5, 5.41) is 0.944. The van der Waals surface area contributed by atoms with Crippen LogP contribution in [-0.2, 0) is 0 Å². The second-order valence-electron chi connectivity index (χ2n) is 4.75. The topological polar surface area (TPSA) is 20.3 Å². The van der Waals surface area contributed by atoms with Crippen molar-refractivity contribution in [2.45, 2.75) is 31.7 Å². The van der Waals surface area contributed by atoms with E-state index in [0.29, 0.717) is 6.04 Å². The highest BCUT2D eigenvalue weighted by Crippen LogP contribution is 2.28. The molecule has 1 aliphatic carbocycles. The predicted octanol–water partition coefficient (Wildman–Crippen LogP) is 4.83. The van der Waals surface area contributed by atoms with Crippen molar-refractivity contribution >= 4 is 60.4 Å². The normalized spacial score (nSPS) is 15.1. The minimum Gasteiger partial charge on any atom is -0.336 e. The van der Waals surface area contributed by atoms with Crippen LogP contribution >= 0.6 is 54.5 Å². The van der Waals surface area contributed by atoms with Crippen LogP contribution < -0.4 is 0 Å². The van der Waals surface area contributed by atoms with Gasteiger partial charge in [0, 0.05) is 26.0 Å². The molecule has 0 spiro atoms. The Labute approximate surface area is 144 Å². The first-order valence-corrected chi connectivity index (χ1v) is 9.45. The minimum atomic E-state index is 0.177. The molecule has 5 heteroatoms. The molecule has 0 aromatic heterocycles. The summed E-state index contributed by atoms with van der Waals surface area (Å²) in [4.78, 5) is 14.8. The minimum absolute atomic E-state index is 0.177. The maximum absolute atomic E-state index is 12.7. The van der Waals surface area contributed by atoms with Gasteiger partial charge in [-0.3, -0.25) is 4.79 Å². The van der Waals surface area contributed by atoms with Crippen molar-refractivity contribution in [2.24, 2.45) is 0 Å². The van der Waals surface area contributed by atoms with Crippen LogP contribution in [0, 0.1) is 3.57 Å². The van der Waals surface area contributed by atoms with Crippen molar-refractivity contribution in [1.82, 2.24) is 4.90 Å². The Morgan fingerprint density at radius 2 is 2.16 bits per heavy atom. The predicted molar refractivity (Wildman–Crippen MR) is 93.9 cm³/mol. The summed E-state index contributed by atoms with van der Waals surface area (Å²) < 4.78 is 1.99. The number of carbonyl (C=O) groups is 1. The Morgan fingerprint density at radius 1 is 1.42 bits per heavy atom. The van der Waals surface area contributed by atoms with E-state index in [1.54, 1.807) is 0 Å². The summed E-state index contributed by atoms with van der Waals surface area (Å²) in [6.07, 6.45) is 4.56. The van der Waals surface area contributed by atoms with Crippen LogP contribution in [0.1, 0.15) is 36.0 Å². The summed E-state index contributed by atoms with van der Waals surface area (Å²) >= 11 is 9.14. The number of alkyl halides is 1. The second kappa shape index (κ2) is 7.41. The van der Waals surface area contributed by atoms with Crippen LogP contribution in [0.3, 0.4) is 0 Å². The molecule has 2 nitrogen and oxygen atoms in total. The van der Waals surface area contributed by atoms with E-state index < -0.39 is 0 Å². The lowest BCUT2D eigenvalue weighted by molar-refractivity contribution is 0.0580. The highest BCUT2D eigenvalue weighted by Gasteiger charge is 2.29. The van der Waals surface area contributed by atoms with Crippen LogP contribution in [0.25, 0.3) is 0 Å². The first kappa shape index (κ1) is 15.8. The third-order valence-electron chi connectivity index (χ3n) is 3.47. The molecule has 1 aliphatic rings. The van der Waals surface area contributed by atoms with Crippen LogP contribution in [0.2, 0.25) is 0 Å². The Morgan fingerprint density at radius 3 is 2.74 bits per heavy atom. The standard InChI is InChI=1S/C14H16Br2INO/c15-7-2-8-18(11-3-1-4-11)14(19)12-9-10(16)5-6-13(12)17/h5-6,9,11H,1-4,7-8H2. The highest BCUT2D eigenvalue weighted by molar-refractivity contribution is 14.1. The molecule has 19 heavy (non-hydrogen) atoms. The third kappa shape index (κ3) is 3.94. The van der Waals surface area contributed by atoms with Gasteiger partial charge in [0.1, 0.15) is 0 Å². The molecular formula is C14H16Br2INO. The van der Waals surface area contributed by atoms with Crippen molar-refractivity contribution in [3.8, 4) is 0 Å². The number of hydrogen-bond donors (Lipinski definition) is 0. The molecule has 1 fully saturated rings. The fourth-order valence-corrected chi connectivity index (χ4v) is 3.37. The molecule has 1 aromatic carbocycles. The Hall–Kier alpha value is 0.380. The first-order valence-electron chi connectivity index (χ1n) is 6.45. The zero-order valence-corrected chi connectivity index (χ0v) is 15.9. The van der Waals surface area contributed by atoms with Crippen LogP contribution in [0.15, 0.2) is 22.7 Å². The number of carbonyl (C=O) groups excluding carboxylic acids is 1. The smallest absolute Gasteiger partial charge is 0.255 e. The Balaban J connectivity index is 2.19. The summed E-state index contributed by atoms with van der Waals surface area (Å²) in [5.41, 5.74) is 0.816. The molecule has 0 heterocycles. The van der Waals surface area contributed by atoms with E-state index in [4.69, 9.17) is 0 Å². The van der Waals surface area contributed by atoms with Gasteiger partial charge in [-0.15, -0.1) is 0 Å². The molecule has 1 saturated carbocycles. The number of rotatable bonds is 5. The molecule has 0 N–H and O–H groups in total. The highest BCUT2D eigenvalue weighted by atomic mass is 127. The van der Waals surface area contributed by atoms with Gasteiger partial charge in [-0.2, -0.15) is 0 Å². The summed E-state index contributed by atoms with van der Waals surface area (Å²) in [6, 6.07) is 6.34. The van der Waals surface area contributed by atoms with Gasteiger partial charge in [0.25, 0.3) is 5.91 Å². The fourth-order valence-electron chi connectivity index (χ4n) is 2.19. The molecule has 0 aliphatic heterocycles.